The summed E-state index contributed by atoms with van der Waals surface area (Å²) in [6.07, 6.45) is 0. The summed E-state index contributed by atoms with van der Waals surface area (Å²) in [5.41, 5.74) is 1.09. The van der Waals surface area contributed by atoms with Crippen LogP contribution in [0.4, 0.5) is 8.78 Å². The van der Waals surface area contributed by atoms with Gasteiger partial charge in [0.2, 0.25) is 0 Å². The maximum atomic E-state index is 14.1. The molecular weight excluding hydrogens is 348 g/mol. The summed E-state index contributed by atoms with van der Waals surface area (Å²) in [4.78, 5) is 0. The van der Waals surface area contributed by atoms with Gasteiger partial charge >= 0.3 is 0 Å². The van der Waals surface area contributed by atoms with Crippen molar-refractivity contribution in [2.45, 2.75) is 13.0 Å². The van der Waals surface area contributed by atoms with Gasteiger partial charge in [-0.3, -0.25) is 0 Å². The summed E-state index contributed by atoms with van der Waals surface area (Å²) in [7, 11) is 0. The largest absolute Gasteiger partial charge is 0.306 e. The van der Waals surface area contributed by atoms with E-state index in [0.29, 0.717) is 27.2 Å². The third kappa shape index (κ3) is 3.57. The second-order valence-corrected chi connectivity index (χ2v) is 5.71. The van der Waals surface area contributed by atoms with Crippen LogP contribution < -0.4 is 5.32 Å². The summed E-state index contributed by atoms with van der Waals surface area (Å²) in [6, 6.07) is 8.60. The first-order chi connectivity index (χ1) is 9.51. The SMILES string of the molecule is CCNC(c1cc(F)cc(Br)c1)c1ccc(Cl)cc1F. The molecule has 20 heavy (non-hydrogen) atoms. The maximum absolute atomic E-state index is 14.1. The molecule has 1 nitrogen and oxygen atoms in total. The zero-order valence-corrected chi connectivity index (χ0v) is 13.1. The van der Waals surface area contributed by atoms with Crippen molar-refractivity contribution in [1.82, 2.24) is 5.32 Å². The van der Waals surface area contributed by atoms with Gasteiger partial charge in [-0.1, -0.05) is 40.5 Å². The number of rotatable bonds is 4. The van der Waals surface area contributed by atoms with Gasteiger partial charge in [-0.15, -0.1) is 0 Å². The average Bonchev–Trinajstić information content (AvgIpc) is 2.35. The van der Waals surface area contributed by atoms with Gasteiger partial charge in [0.05, 0.1) is 6.04 Å². The fraction of sp³-hybridized carbons (Fsp3) is 0.200. The van der Waals surface area contributed by atoms with Crippen molar-refractivity contribution >= 4 is 27.5 Å². The van der Waals surface area contributed by atoms with Crippen LogP contribution in [0.5, 0.6) is 0 Å². The van der Waals surface area contributed by atoms with Crippen LogP contribution in [-0.2, 0) is 0 Å². The van der Waals surface area contributed by atoms with E-state index in [1.165, 1.54) is 18.2 Å². The lowest BCUT2D eigenvalue weighted by molar-refractivity contribution is 0.554. The van der Waals surface area contributed by atoms with Gasteiger partial charge in [0.15, 0.2) is 0 Å². The van der Waals surface area contributed by atoms with E-state index in [1.54, 1.807) is 18.2 Å². The van der Waals surface area contributed by atoms with E-state index >= 15 is 0 Å². The Bertz CT molecular complexity index is 599. The molecule has 106 valence electrons. The first-order valence-electron chi connectivity index (χ1n) is 6.15. The van der Waals surface area contributed by atoms with Gasteiger partial charge in [-0.25, -0.2) is 8.78 Å². The minimum Gasteiger partial charge on any atom is -0.306 e. The molecule has 0 saturated carbocycles. The van der Waals surface area contributed by atoms with Gasteiger partial charge in [-0.05, 0) is 42.4 Å². The maximum Gasteiger partial charge on any atom is 0.129 e. The quantitative estimate of drug-likeness (QED) is 0.802. The van der Waals surface area contributed by atoms with Crippen LogP contribution in [0.15, 0.2) is 40.9 Å². The van der Waals surface area contributed by atoms with E-state index in [4.69, 9.17) is 11.6 Å². The Morgan fingerprint density at radius 3 is 2.55 bits per heavy atom. The highest BCUT2D eigenvalue weighted by molar-refractivity contribution is 9.10. The molecule has 0 radical (unpaired) electrons. The molecule has 2 rings (SSSR count). The van der Waals surface area contributed by atoms with Crippen LogP contribution in [0.2, 0.25) is 5.02 Å². The first-order valence-corrected chi connectivity index (χ1v) is 7.32. The van der Waals surface area contributed by atoms with Crippen molar-refractivity contribution in [2.75, 3.05) is 6.54 Å². The molecule has 0 fully saturated rings. The summed E-state index contributed by atoms with van der Waals surface area (Å²) in [6.45, 7) is 2.54. The number of benzene rings is 2. The molecule has 2 aromatic rings. The van der Waals surface area contributed by atoms with E-state index in [1.807, 2.05) is 6.92 Å². The standard InChI is InChI=1S/C15H13BrClF2N/c1-2-20-15(9-5-10(16)7-12(18)6-9)13-4-3-11(17)8-14(13)19/h3-8,15,20H,2H2,1H3. The highest BCUT2D eigenvalue weighted by Gasteiger charge is 2.18. The fourth-order valence-electron chi connectivity index (χ4n) is 2.09. The monoisotopic (exact) mass is 359 g/mol. The Hall–Kier alpha value is -0.970. The van der Waals surface area contributed by atoms with Gasteiger partial charge < -0.3 is 5.32 Å². The summed E-state index contributed by atoms with van der Waals surface area (Å²) in [5.74, 6) is -0.782. The molecule has 0 heterocycles. The predicted octanol–water partition coefficient (Wildman–Crippen LogP) is 5.08. The molecule has 1 unspecified atom stereocenters. The molecular formula is C15H13BrClF2N. The molecule has 0 spiro atoms. The van der Waals surface area contributed by atoms with Gasteiger partial charge in [0.1, 0.15) is 11.6 Å². The smallest absolute Gasteiger partial charge is 0.129 e. The Morgan fingerprint density at radius 1 is 1.20 bits per heavy atom. The second-order valence-electron chi connectivity index (χ2n) is 4.36. The first kappa shape index (κ1) is 15.4. The molecule has 1 atom stereocenters. The molecule has 1 N–H and O–H groups in total. The van der Waals surface area contributed by atoms with E-state index < -0.39 is 11.9 Å². The fourth-order valence-corrected chi connectivity index (χ4v) is 2.73. The number of hydrogen-bond donors (Lipinski definition) is 1. The van der Waals surface area contributed by atoms with Crippen LogP contribution in [0.25, 0.3) is 0 Å². The second kappa shape index (κ2) is 6.66. The van der Waals surface area contributed by atoms with Crippen LogP contribution in [0, 0.1) is 11.6 Å². The zero-order chi connectivity index (χ0) is 14.7. The summed E-state index contributed by atoms with van der Waals surface area (Å²) in [5, 5.41) is 3.49. The molecule has 5 heteroatoms. The van der Waals surface area contributed by atoms with Crippen molar-refractivity contribution < 1.29 is 8.78 Å². The van der Waals surface area contributed by atoms with Crippen LogP contribution in [0.1, 0.15) is 24.1 Å². The predicted molar refractivity (Wildman–Crippen MR) is 81.0 cm³/mol. The zero-order valence-electron chi connectivity index (χ0n) is 10.8. The molecule has 0 saturated heterocycles. The summed E-state index contributed by atoms with van der Waals surface area (Å²) >= 11 is 9.02. The lowest BCUT2D eigenvalue weighted by Gasteiger charge is -2.20. The summed E-state index contributed by atoms with van der Waals surface area (Å²) < 4.78 is 28.2. The number of hydrogen-bond acceptors (Lipinski definition) is 1. The van der Waals surface area contributed by atoms with Crippen LogP contribution in [-0.4, -0.2) is 6.54 Å². The normalized spacial score (nSPS) is 12.4. The molecule has 0 aliphatic carbocycles. The highest BCUT2D eigenvalue weighted by atomic mass is 79.9. The van der Waals surface area contributed by atoms with E-state index in [9.17, 15) is 8.78 Å². The van der Waals surface area contributed by atoms with Gasteiger partial charge in [0.25, 0.3) is 0 Å². The van der Waals surface area contributed by atoms with E-state index in [0.717, 1.165) is 0 Å². The van der Waals surface area contributed by atoms with Crippen molar-refractivity contribution in [3.8, 4) is 0 Å². The minimum absolute atomic E-state index is 0.335. The highest BCUT2D eigenvalue weighted by Crippen LogP contribution is 2.28. The Kier molecular flexibility index (Phi) is 5.13. The molecule has 2 aromatic carbocycles. The minimum atomic E-state index is -0.427. The van der Waals surface area contributed by atoms with Crippen LogP contribution in [0.3, 0.4) is 0 Å². The van der Waals surface area contributed by atoms with Crippen molar-refractivity contribution in [3.05, 3.63) is 68.7 Å². The molecule has 0 aliphatic heterocycles. The topological polar surface area (TPSA) is 12.0 Å². The van der Waals surface area contributed by atoms with Crippen molar-refractivity contribution in [1.29, 1.82) is 0 Å². The molecule has 0 aromatic heterocycles. The van der Waals surface area contributed by atoms with Crippen LogP contribution >= 0.6 is 27.5 Å². The number of halogens is 4. The lowest BCUT2D eigenvalue weighted by Crippen LogP contribution is -2.23. The lowest BCUT2D eigenvalue weighted by atomic mass is 9.98. The Labute approximate surface area is 130 Å². The average molecular weight is 361 g/mol. The third-order valence-corrected chi connectivity index (χ3v) is 3.59. The molecule has 0 bridgehead atoms. The number of nitrogens with one attached hydrogen (secondary N) is 1. The van der Waals surface area contributed by atoms with Crippen molar-refractivity contribution in [2.24, 2.45) is 0 Å². The van der Waals surface area contributed by atoms with E-state index in [2.05, 4.69) is 21.2 Å². The Balaban J connectivity index is 2.49. The Morgan fingerprint density at radius 2 is 1.95 bits per heavy atom. The van der Waals surface area contributed by atoms with E-state index in [-0.39, 0.29) is 5.82 Å². The van der Waals surface area contributed by atoms with Gasteiger partial charge in [0, 0.05) is 15.1 Å². The molecule has 0 amide bonds. The molecule has 0 aliphatic rings. The van der Waals surface area contributed by atoms with Gasteiger partial charge in [-0.2, -0.15) is 0 Å². The van der Waals surface area contributed by atoms with Crippen molar-refractivity contribution in [3.63, 3.8) is 0 Å². The third-order valence-electron chi connectivity index (χ3n) is 2.90.